The standard InChI is InChI=1S/C8H17O2/c1-4-5-9-7-10-6-8(2)3/h7-8H,4-6H2,1-3H3. The third-order valence-electron chi connectivity index (χ3n) is 0.888. The van der Waals surface area contributed by atoms with E-state index >= 15 is 0 Å². The summed E-state index contributed by atoms with van der Waals surface area (Å²) >= 11 is 0. The van der Waals surface area contributed by atoms with Crippen molar-refractivity contribution >= 4 is 0 Å². The van der Waals surface area contributed by atoms with Crippen molar-refractivity contribution in [3.63, 3.8) is 0 Å². The van der Waals surface area contributed by atoms with E-state index in [2.05, 4.69) is 20.8 Å². The Kier molecular flexibility index (Phi) is 6.98. The van der Waals surface area contributed by atoms with E-state index < -0.39 is 0 Å². The molecule has 0 amide bonds. The fraction of sp³-hybridized carbons (Fsp3) is 0.875. The number of hydrogen-bond donors (Lipinski definition) is 0. The molecule has 0 aliphatic heterocycles. The average molecular weight is 145 g/mol. The second kappa shape index (κ2) is 7.03. The maximum absolute atomic E-state index is 5.05. The highest BCUT2D eigenvalue weighted by Crippen LogP contribution is 1.95. The first kappa shape index (κ1) is 9.92. The van der Waals surface area contributed by atoms with Crippen molar-refractivity contribution in [3.05, 3.63) is 6.79 Å². The normalized spacial score (nSPS) is 10.8. The molecule has 0 saturated carbocycles. The summed E-state index contributed by atoms with van der Waals surface area (Å²) in [5.74, 6) is 0.571. The van der Waals surface area contributed by atoms with Crippen molar-refractivity contribution in [2.45, 2.75) is 27.2 Å². The first-order valence-electron chi connectivity index (χ1n) is 3.82. The fourth-order valence-electron chi connectivity index (χ4n) is 0.446. The first-order valence-corrected chi connectivity index (χ1v) is 3.82. The van der Waals surface area contributed by atoms with Gasteiger partial charge in [0.25, 0.3) is 0 Å². The number of ether oxygens (including phenoxy) is 2. The fourth-order valence-corrected chi connectivity index (χ4v) is 0.446. The lowest BCUT2D eigenvalue weighted by Crippen LogP contribution is -2.01. The molecule has 2 heteroatoms. The third kappa shape index (κ3) is 7.92. The van der Waals surface area contributed by atoms with E-state index in [1.807, 2.05) is 0 Å². The molecule has 0 aliphatic rings. The predicted molar refractivity (Wildman–Crippen MR) is 41.3 cm³/mol. The Morgan fingerprint density at radius 2 is 2.00 bits per heavy atom. The van der Waals surface area contributed by atoms with Gasteiger partial charge in [0.2, 0.25) is 6.79 Å². The molecule has 0 aromatic carbocycles. The number of rotatable bonds is 6. The number of hydrogen-bond acceptors (Lipinski definition) is 2. The summed E-state index contributed by atoms with van der Waals surface area (Å²) in [5.41, 5.74) is 0. The van der Waals surface area contributed by atoms with Gasteiger partial charge in [0, 0.05) is 6.61 Å². The van der Waals surface area contributed by atoms with Crippen LogP contribution in [0.5, 0.6) is 0 Å². The molecule has 0 heterocycles. The van der Waals surface area contributed by atoms with Crippen LogP contribution in [0.1, 0.15) is 27.2 Å². The Bertz CT molecular complexity index is 62.3. The van der Waals surface area contributed by atoms with E-state index in [1.54, 1.807) is 0 Å². The Morgan fingerprint density at radius 1 is 1.30 bits per heavy atom. The zero-order valence-corrected chi connectivity index (χ0v) is 7.09. The van der Waals surface area contributed by atoms with Gasteiger partial charge in [0.05, 0.1) is 6.61 Å². The van der Waals surface area contributed by atoms with Crippen molar-refractivity contribution in [2.24, 2.45) is 5.92 Å². The largest absolute Gasteiger partial charge is 0.348 e. The summed E-state index contributed by atoms with van der Waals surface area (Å²) in [6.45, 7) is 9.20. The molecule has 0 rings (SSSR count). The van der Waals surface area contributed by atoms with Gasteiger partial charge in [-0.05, 0) is 12.3 Å². The lowest BCUT2D eigenvalue weighted by Gasteiger charge is -2.04. The van der Waals surface area contributed by atoms with Crippen LogP contribution >= 0.6 is 0 Å². The summed E-state index contributed by atoms with van der Waals surface area (Å²) in [5, 5.41) is 0. The molecule has 0 fully saturated rings. The molecule has 61 valence electrons. The zero-order chi connectivity index (χ0) is 7.82. The van der Waals surface area contributed by atoms with Gasteiger partial charge in [-0.3, -0.25) is 0 Å². The van der Waals surface area contributed by atoms with Crippen molar-refractivity contribution in [1.82, 2.24) is 0 Å². The maximum atomic E-state index is 5.05. The monoisotopic (exact) mass is 145 g/mol. The van der Waals surface area contributed by atoms with E-state index in [0.29, 0.717) is 5.92 Å². The molecule has 0 spiro atoms. The van der Waals surface area contributed by atoms with Crippen molar-refractivity contribution in [1.29, 1.82) is 0 Å². The molecule has 2 nitrogen and oxygen atoms in total. The molecular weight excluding hydrogens is 128 g/mol. The second-order valence-corrected chi connectivity index (χ2v) is 2.69. The highest BCUT2D eigenvalue weighted by Gasteiger charge is 1.92. The third-order valence-corrected chi connectivity index (χ3v) is 0.888. The molecule has 0 atom stereocenters. The van der Waals surface area contributed by atoms with Gasteiger partial charge in [-0.25, -0.2) is 0 Å². The Morgan fingerprint density at radius 3 is 2.50 bits per heavy atom. The average Bonchev–Trinajstić information content (AvgIpc) is 1.87. The van der Waals surface area contributed by atoms with Crippen LogP contribution in [0, 0.1) is 12.7 Å². The molecule has 0 aromatic heterocycles. The van der Waals surface area contributed by atoms with Gasteiger partial charge in [-0.1, -0.05) is 20.8 Å². The van der Waals surface area contributed by atoms with Gasteiger partial charge in [0.1, 0.15) is 0 Å². The van der Waals surface area contributed by atoms with Gasteiger partial charge >= 0.3 is 0 Å². The Hall–Kier alpha value is -0.0800. The maximum Gasteiger partial charge on any atom is 0.209 e. The predicted octanol–water partition coefficient (Wildman–Crippen LogP) is 2.20. The summed E-state index contributed by atoms with van der Waals surface area (Å²) in [6.07, 6.45) is 1.03. The van der Waals surface area contributed by atoms with E-state index in [9.17, 15) is 0 Å². The van der Waals surface area contributed by atoms with Crippen molar-refractivity contribution < 1.29 is 9.47 Å². The minimum absolute atomic E-state index is 0.571. The quantitative estimate of drug-likeness (QED) is 0.533. The highest BCUT2D eigenvalue weighted by atomic mass is 16.7. The second-order valence-electron chi connectivity index (χ2n) is 2.69. The van der Waals surface area contributed by atoms with Crippen LogP contribution in [0.2, 0.25) is 0 Å². The molecule has 1 radical (unpaired) electrons. The van der Waals surface area contributed by atoms with Crippen LogP contribution < -0.4 is 0 Å². The van der Waals surface area contributed by atoms with Crippen LogP contribution in [0.3, 0.4) is 0 Å². The SMILES string of the molecule is CCCO[CH]OCC(C)C. The molecule has 0 bridgehead atoms. The summed E-state index contributed by atoms with van der Waals surface area (Å²) in [6, 6.07) is 0. The van der Waals surface area contributed by atoms with E-state index in [-0.39, 0.29) is 0 Å². The van der Waals surface area contributed by atoms with Gasteiger partial charge < -0.3 is 9.47 Å². The van der Waals surface area contributed by atoms with Gasteiger partial charge in [-0.2, -0.15) is 0 Å². The summed E-state index contributed by atoms with van der Waals surface area (Å²) < 4.78 is 10.0. The topological polar surface area (TPSA) is 18.5 Å². The lowest BCUT2D eigenvalue weighted by atomic mass is 10.2. The lowest BCUT2D eigenvalue weighted by molar-refractivity contribution is 0.0109. The molecule has 0 N–H and O–H groups in total. The molecule has 0 unspecified atom stereocenters. The summed E-state index contributed by atoms with van der Waals surface area (Å²) in [4.78, 5) is 0. The smallest absolute Gasteiger partial charge is 0.209 e. The van der Waals surface area contributed by atoms with Crippen LogP contribution in [0.4, 0.5) is 0 Å². The molecular formula is C8H17O2. The van der Waals surface area contributed by atoms with Crippen LogP contribution in [0.25, 0.3) is 0 Å². The molecule has 0 aromatic rings. The van der Waals surface area contributed by atoms with E-state index in [0.717, 1.165) is 19.6 Å². The van der Waals surface area contributed by atoms with E-state index in [4.69, 9.17) is 9.47 Å². The van der Waals surface area contributed by atoms with Crippen molar-refractivity contribution in [3.8, 4) is 0 Å². The van der Waals surface area contributed by atoms with Crippen LogP contribution in [-0.2, 0) is 9.47 Å². The van der Waals surface area contributed by atoms with Gasteiger partial charge in [0.15, 0.2) is 0 Å². The van der Waals surface area contributed by atoms with Gasteiger partial charge in [-0.15, -0.1) is 0 Å². The highest BCUT2D eigenvalue weighted by molar-refractivity contribution is 4.40. The van der Waals surface area contributed by atoms with Crippen LogP contribution in [-0.4, -0.2) is 13.2 Å². The van der Waals surface area contributed by atoms with Crippen LogP contribution in [0.15, 0.2) is 0 Å². The Balaban J connectivity index is 2.77. The zero-order valence-electron chi connectivity index (χ0n) is 7.09. The molecule has 0 aliphatic carbocycles. The minimum Gasteiger partial charge on any atom is -0.348 e. The van der Waals surface area contributed by atoms with Crippen molar-refractivity contribution in [2.75, 3.05) is 13.2 Å². The van der Waals surface area contributed by atoms with E-state index in [1.165, 1.54) is 6.79 Å². The molecule has 0 saturated heterocycles. The Labute approximate surface area is 63.5 Å². The summed E-state index contributed by atoms with van der Waals surface area (Å²) in [7, 11) is 0. The molecule has 10 heavy (non-hydrogen) atoms. The minimum atomic E-state index is 0.571. The first-order chi connectivity index (χ1) is 4.77.